The number of rotatable bonds is 8. The average molecular weight is 429 g/mol. The molecule has 0 amide bonds. The number of benzene rings is 2. The monoisotopic (exact) mass is 428 g/mol. The van der Waals surface area contributed by atoms with Crippen LogP contribution in [0.2, 0.25) is 0 Å². The molecule has 2 aliphatic heterocycles. The molecule has 31 heavy (non-hydrogen) atoms. The highest BCUT2D eigenvalue weighted by molar-refractivity contribution is 5.17. The SMILES string of the molecule is NCC1(COCC2(CN)COC(c3ccccc3)OC2)COC(c2ccccc2)OC1. The van der Waals surface area contributed by atoms with Gasteiger partial charge in [-0.05, 0) is 0 Å². The molecule has 0 bridgehead atoms. The minimum absolute atomic E-state index is 0.369. The number of hydrogen-bond acceptors (Lipinski definition) is 7. The third kappa shape index (κ3) is 5.32. The van der Waals surface area contributed by atoms with E-state index in [0.29, 0.717) is 52.7 Å². The van der Waals surface area contributed by atoms with Crippen LogP contribution in [0.15, 0.2) is 60.7 Å². The molecule has 2 aromatic carbocycles. The standard InChI is InChI=1S/C24H32N2O5/c25-11-23(15-28-21(29-16-23)19-7-3-1-4-8-19)13-27-14-24(12-26)17-30-22(31-18-24)20-9-5-2-6-10-20/h1-10,21-22H,11-18,25-26H2. The molecule has 0 saturated carbocycles. The molecule has 2 heterocycles. The maximum atomic E-state index is 6.10. The predicted octanol–water partition coefficient (Wildman–Crippen LogP) is 2.38. The van der Waals surface area contributed by atoms with Crippen LogP contribution < -0.4 is 11.5 Å². The number of hydrogen-bond donors (Lipinski definition) is 2. The van der Waals surface area contributed by atoms with Gasteiger partial charge in [0.25, 0.3) is 0 Å². The molecule has 168 valence electrons. The van der Waals surface area contributed by atoms with Crippen molar-refractivity contribution in [3.63, 3.8) is 0 Å². The zero-order valence-electron chi connectivity index (χ0n) is 17.8. The van der Waals surface area contributed by atoms with Crippen molar-refractivity contribution in [2.75, 3.05) is 52.7 Å². The molecule has 0 unspecified atom stereocenters. The molecular formula is C24H32N2O5. The second kappa shape index (κ2) is 10.2. The van der Waals surface area contributed by atoms with E-state index in [9.17, 15) is 0 Å². The Balaban J connectivity index is 1.27. The lowest BCUT2D eigenvalue weighted by molar-refractivity contribution is -0.256. The van der Waals surface area contributed by atoms with E-state index < -0.39 is 0 Å². The first-order valence-electron chi connectivity index (χ1n) is 10.7. The molecule has 2 fully saturated rings. The van der Waals surface area contributed by atoms with Crippen LogP contribution in [0, 0.1) is 10.8 Å². The Morgan fingerprint density at radius 1 is 0.645 bits per heavy atom. The topological polar surface area (TPSA) is 98.2 Å². The quantitative estimate of drug-likeness (QED) is 0.666. The van der Waals surface area contributed by atoms with Crippen LogP contribution in [-0.4, -0.2) is 52.7 Å². The molecule has 0 atom stereocenters. The second-order valence-corrected chi connectivity index (χ2v) is 8.63. The summed E-state index contributed by atoms with van der Waals surface area (Å²) in [5, 5.41) is 0. The van der Waals surface area contributed by atoms with E-state index in [1.165, 1.54) is 0 Å². The molecule has 0 radical (unpaired) electrons. The lowest BCUT2D eigenvalue weighted by Gasteiger charge is -2.42. The Kier molecular flexibility index (Phi) is 7.35. The minimum atomic E-state index is -0.385. The molecule has 0 aliphatic carbocycles. The molecule has 0 aromatic heterocycles. The van der Waals surface area contributed by atoms with Crippen molar-refractivity contribution >= 4 is 0 Å². The fraction of sp³-hybridized carbons (Fsp3) is 0.500. The lowest BCUT2D eigenvalue weighted by Crippen LogP contribution is -2.51. The predicted molar refractivity (Wildman–Crippen MR) is 116 cm³/mol. The maximum Gasteiger partial charge on any atom is 0.183 e. The summed E-state index contributed by atoms with van der Waals surface area (Å²) in [6.07, 6.45) is -0.738. The highest BCUT2D eigenvalue weighted by Crippen LogP contribution is 2.34. The molecule has 7 nitrogen and oxygen atoms in total. The van der Waals surface area contributed by atoms with Crippen molar-refractivity contribution in [2.24, 2.45) is 22.3 Å². The van der Waals surface area contributed by atoms with Gasteiger partial charge in [0.2, 0.25) is 0 Å². The van der Waals surface area contributed by atoms with E-state index >= 15 is 0 Å². The van der Waals surface area contributed by atoms with Crippen LogP contribution >= 0.6 is 0 Å². The van der Waals surface area contributed by atoms with Gasteiger partial charge in [0, 0.05) is 24.2 Å². The Bertz CT molecular complexity index is 721. The van der Waals surface area contributed by atoms with Crippen molar-refractivity contribution in [1.82, 2.24) is 0 Å². The highest BCUT2D eigenvalue weighted by atomic mass is 16.7. The van der Waals surface area contributed by atoms with E-state index in [1.54, 1.807) is 0 Å². The first kappa shape index (κ1) is 22.4. The molecule has 2 saturated heterocycles. The van der Waals surface area contributed by atoms with Gasteiger partial charge in [-0.2, -0.15) is 0 Å². The first-order valence-corrected chi connectivity index (χ1v) is 10.7. The van der Waals surface area contributed by atoms with Gasteiger partial charge in [-0.15, -0.1) is 0 Å². The van der Waals surface area contributed by atoms with Crippen molar-refractivity contribution in [3.8, 4) is 0 Å². The van der Waals surface area contributed by atoms with Crippen LogP contribution in [-0.2, 0) is 23.7 Å². The van der Waals surface area contributed by atoms with Gasteiger partial charge in [-0.1, -0.05) is 60.7 Å². The van der Waals surface area contributed by atoms with Crippen LogP contribution in [0.25, 0.3) is 0 Å². The van der Waals surface area contributed by atoms with E-state index in [2.05, 4.69) is 0 Å². The van der Waals surface area contributed by atoms with Crippen molar-refractivity contribution in [3.05, 3.63) is 71.8 Å². The third-order valence-electron chi connectivity index (χ3n) is 5.99. The Hall–Kier alpha value is -1.84. The van der Waals surface area contributed by atoms with Crippen LogP contribution in [0.4, 0.5) is 0 Å². The van der Waals surface area contributed by atoms with Gasteiger partial charge in [0.05, 0.1) is 50.5 Å². The van der Waals surface area contributed by atoms with Crippen LogP contribution in [0.3, 0.4) is 0 Å². The summed E-state index contributed by atoms with van der Waals surface area (Å²) in [6, 6.07) is 19.8. The van der Waals surface area contributed by atoms with Gasteiger partial charge in [-0.25, -0.2) is 0 Å². The largest absolute Gasteiger partial charge is 0.380 e. The summed E-state index contributed by atoms with van der Waals surface area (Å²) in [6.45, 7) is 3.57. The Labute approximate surface area is 183 Å². The van der Waals surface area contributed by atoms with Gasteiger partial charge in [0.1, 0.15) is 0 Å². The molecule has 4 rings (SSSR count). The fourth-order valence-corrected chi connectivity index (χ4v) is 3.80. The van der Waals surface area contributed by atoms with E-state index in [1.807, 2.05) is 60.7 Å². The molecule has 2 aliphatic rings. The molecule has 4 N–H and O–H groups in total. The summed E-state index contributed by atoms with van der Waals surface area (Å²) >= 11 is 0. The molecule has 7 heteroatoms. The van der Waals surface area contributed by atoms with Gasteiger partial charge < -0.3 is 35.2 Å². The first-order chi connectivity index (χ1) is 15.2. The summed E-state index contributed by atoms with van der Waals surface area (Å²) in [5.41, 5.74) is 13.4. The van der Waals surface area contributed by atoms with E-state index in [0.717, 1.165) is 11.1 Å². The molecule has 0 spiro atoms. The van der Waals surface area contributed by atoms with Crippen molar-refractivity contribution in [2.45, 2.75) is 12.6 Å². The smallest absolute Gasteiger partial charge is 0.183 e. The van der Waals surface area contributed by atoms with Crippen molar-refractivity contribution < 1.29 is 23.7 Å². The number of nitrogens with two attached hydrogens (primary N) is 2. The lowest BCUT2D eigenvalue weighted by atomic mass is 9.88. The van der Waals surface area contributed by atoms with E-state index in [-0.39, 0.29) is 23.4 Å². The average Bonchev–Trinajstić information content (AvgIpc) is 2.86. The number of ether oxygens (including phenoxy) is 5. The van der Waals surface area contributed by atoms with Crippen LogP contribution in [0.1, 0.15) is 23.7 Å². The van der Waals surface area contributed by atoms with Gasteiger partial charge >= 0.3 is 0 Å². The Morgan fingerprint density at radius 2 is 1.00 bits per heavy atom. The second-order valence-electron chi connectivity index (χ2n) is 8.63. The highest BCUT2D eigenvalue weighted by Gasteiger charge is 2.40. The maximum absolute atomic E-state index is 6.10. The molecule has 2 aromatic rings. The van der Waals surface area contributed by atoms with Crippen molar-refractivity contribution in [1.29, 1.82) is 0 Å². The zero-order valence-corrected chi connectivity index (χ0v) is 17.8. The molecular weight excluding hydrogens is 396 g/mol. The van der Waals surface area contributed by atoms with Crippen LogP contribution in [0.5, 0.6) is 0 Å². The normalized spacial score (nSPS) is 31.4. The minimum Gasteiger partial charge on any atom is -0.380 e. The summed E-state index contributed by atoms with van der Waals surface area (Å²) in [4.78, 5) is 0. The third-order valence-corrected chi connectivity index (χ3v) is 5.99. The summed E-state index contributed by atoms with van der Waals surface area (Å²) < 4.78 is 30.0. The Morgan fingerprint density at radius 3 is 1.32 bits per heavy atom. The van der Waals surface area contributed by atoms with Gasteiger partial charge in [0.15, 0.2) is 12.6 Å². The summed E-state index contributed by atoms with van der Waals surface area (Å²) in [5.74, 6) is 0. The zero-order chi connectivity index (χ0) is 21.6. The fourth-order valence-electron chi connectivity index (χ4n) is 3.80. The van der Waals surface area contributed by atoms with Gasteiger partial charge in [-0.3, -0.25) is 0 Å². The summed E-state index contributed by atoms with van der Waals surface area (Å²) in [7, 11) is 0. The van der Waals surface area contributed by atoms with E-state index in [4.69, 9.17) is 35.2 Å².